The van der Waals surface area contributed by atoms with Gasteiger partial charge in [-0.3, -0.25) is 9.59 Å². The average molecular weight is 277 g/mol. The molecule has 110 valence electrons. The van der Waals surface area contributed by atoms with Gasteiger partial charge >= 0.3 is 5.97 Å². The van der Waals surface area contributed by atoms with Crippen LogP contribution in [0, 0.1) is 5.41 Å². The standard InChI is InChI=1S/C16H23NO3/c1-16(2,3)11-13(12-7-5-4-6-8-12)17-14(18)9-10-15(19)20/h4-8,13H,9-11H2,1-3H3,(H,17,18)(H,19,20). The van der Waals surface area contributed by atoms with Crippen molar-refractivity contribution >= 4 is 11.9 Å². The highest BCUT2D eigenvalue weighted by molar-refractivity contribution is 5.80. The maximum atomic E-state index is 11.8. The van der Waals surface area contributed by atoms with Gasteiger partial charge in [0.25, 0.3) is 0 Å². The van der Waals surface area contributed by atoms with Crippen LogP contribution in [0.25, 0.3) is 0 Å². The summed E-state index contributed by atoms with van der Waals surface area (Å²) >= 11 is 0. The number of carboxylic acids is 1. The summed E-state index contributed by atoms with van der Waals surface area (Å²) in [5, 5.41) is 11.6. The number of hydrogen-bond acceptors (Lipinski definition) is 2. The third-order valence-electron chi connectivity index (χ3n) is 2.92. The molecule has 0 aliphatic carbocycles. The predicted molar refractivity (Wildman–Crippen MR) is 78.3 cm³/mol. The van der Waals surface area contributed by atoms with Gasteiger partial charge in [-0.25, -0.2) is 0 Å². The van der Waals surface area contributed by atoms with Crippen LogP contribution >= 0.6 is 0 Å². The van der Waals surface area contributed by atoms with Gasteiger partial charge in [-0.15, -0.1) is 0 Å². The number of carbonyl (C=O) groups is 2. The maximum absolute atomic E-state index is 11.8. The molecule has 4 nitrogen and oxygen atoms in total. The highest BCUT2D eigenvalue weighted by atomic mass is 16.4. The average Bonchev–Trinajstić information content (AvgIpc) is 2.35. The van der Waals surface area contributed by atoms with E-state index in [1.807, 2.05) is 30.3 Å². The summed E-state index contributed by atoms with van der Waals surface area (Å²) in [6.45, 7) is 6.35. The molecular weight excluding hydrogens is 254 g/mol. The molecule has 1 aromatic rings. The first-order valence-corrected chi connectivity index (χ1v) is 6.84. The second-order valence-corrected chi connectivity index (χ2v) is 6.19. The number of benzene rings is 1. The van der Waals surface area contributed by atoms with Crippen molar-refractivity contribution in [2.75, 3.05) is 0 Å². The van der Waals surface area contributed by atoms with Gasteiger partial charge in [0.2, 0.25) is 5.91 Å². The van der Waals surface area contributed by atoms with Crippen molar-refractivity contribution in [3.63, 3.8) is 0 Å². The van der Waals surface area contributed by atoms with Gasteiger partial charge in [-0.2, -0.15) is 0 Å². The molecule has 2 N–H and O–H groups in total. The number of carboxylic acid groups (broad SMARTS) is 1. The minimum atomic E-state index is -0.952. The van der Waals surface area contributed by atoms with Crippen molar-refractivity contribution in [1.82, 2.24) is 5.32 Å². The summed E-state index contributed by atoms with van der Waals surface area (Å²) in [4.78, 5) is 22.4. The fourth-order valence-corrected chi connectivity index (χ4v) is 2.04. The smallest absolute Gasteiger partial charge is 0.303 e. The van der Waals surface area contributed by atoms with Gasteiger partial charge < -0.3 is 10.4 Å². The van der Waals surface area contributed by atoms with Crippen LogP contribution in [-0.4, -0.2) is 17.0 Å². The third-order valence-corrected chi connectivity index (χ3v) is 2.92. The molecule has 0 saturated heterocycles. The van der Waals surface area contributed by atoms with E-state index in [-0.39, 0.29) is 30.2 Å². The molecule has 0 aliphatic heterocycles. The first kappa shape index (κ1) is 16.2. The Bertz CT molecular complexity index is 449. The van der Waals surface area contributed by atoms with Crippen molar-refractivity contribution in [2.45, 2.75) is 46.1 Å². The van der Waals surface area contributed by atoms with E-state index in [2.05, 4.69) is 26.1 Å². The Balaban J connectivity index is 2.73. The summed E-state index contributed by atoms with van der Waals surface area (Å²) in [6, 6.07) is 9.69. The number of hydrogen-bond donors (Lipinski definition) is 2. The van der Waals surface area contributed by atoms with E-state index >= 15 is 0 Å². The summed E-state index contributed by atoms with van der Waals surface area (Å²) < 4.78 is 0. The molecule has 0 aromatic heterocycles. The fourth-order valence-electron chi connectivity index (χ4n) is 2.04. The summed E-state index contributed by atoms with van der Waals surface area (Å²) in [7, 11) is 0. The molecule has 4 heteroatoms. The number of amides is 1. The predicted octanol–water partition coefficient (Wildman–Crippen LogP) is 3.14. The van der Waals surface area contributed by atoms with E-state index in [1.54, 1.807) is 0 Å². The molecule has 20 heavy (non-hydrogen) atoms. The Morgan fingerprint density at radius 2 is 1.75 bits per heavy atom. The van der Waals surface area contributed by atoms with E-state index < -0.39 is 5.97 Å². The molecule has 1 atom stereocenters. The van der Waals surface area contributed by atoms with Crippen LogP contribution in [0.15, 0.2) is 30.3 Å². The second kappa shape index (κ2) is 7.08. The zero-order valence-corrected chi connectivity index (χ0v) is 12.3. The van der Waals surface area contributed by atoms with Crippen molar-refractivity contribution < 1.29 is 14.7 Å². The minimum absolute atomic E-state index is 0.0167. The van der Waals surface area contributed by atoms with Gasteiger partial charge in [-0.1, -0.05) is 51.1 Å². The molecule has 0 saturated carbocycles. The Morgan fingerprint density at radius 1 is 1.15 bits per heavy atom. The van der Waals surface area contributed by atoms with Gasteiger partial charge in [0.15, 0.2) is 0 Å². The molecule has 1 unspecified atom stereocenters. The zero-order chi connectivity index (χ0) is 15.2. The molecule has 0 heterocycles. The van der Waals surface area contributed by atoms with Crippen LogP contribution < -0.4 is 5.32 Å². The quantitative estimate of drug-likeness (QED) is 0.839. The molecule has 0 bridgehead atoms. The lowest BCUT2D eigenvalue weighted by Crippen LogP contribution is -2.31. The topological polar surface area (TPSA) is 66.4 Å². The highest BCUT2D eigenvalue weighted by Crippen LogP contribution is 2.29. The first-order valence-electron chi connectivity index (χ1n) is 6.84. The molecule has 0 fully saturated rings. The molecule has 1 rings (SSSR count). The van der Waals surface area contributed by atoms with Crippen molar-refractivity contribution in [1.29, 1.82) is 0 Å². The van der Waals surface area contributed by atoms with Crippen molar-refractivity contribution in [3.05, 3.63) is 35.9 Å². The van der Waals surface area contributed by atoms with Crippen LogP contribution in [0.2, 0.25) is 0 Å². The van der Waals surface area contributed by atoms with Gasteiger partial charge in [0.05, 0.1) is 12.5 Å². The second-order valence-electron chi connectivity index (χ2n) is 6.19. The van der Waals surface area contributed by atoms with Crippen LogP contribution in [-0.2, 0) is 9.59 Å². The van der Waals surface area contributed by atoms with E-state index in [4.69, 9.17) is 5.11 Å². The Kier molecular flexibility index (Phi) is 5.74. The normalized spacial score (nSPS) is 12.8. The van der Waals surface area contributed by atoms with Crippen molar-refractivity contribution in [3.8, 4) is 0 Å². The summed E-state index contributed by atoms with van der Waals surface area (Å²) in [6.07, 6.45) is 0.682. The monoisotopic (exact) mass is 277 g/mol. The SMILES string of the molecule is CC(C)(C)CC(NC(=O)CCC(=O)O)c1ccccc1. The Labute approximate surface area is 120 Å². The van der Waals surface area contributed by atoms with Crippen LogP contribution in [0.3, 0.4) is 0 Å². The van der Waals surface area contributed by atoms with Gasteiger partial charge in [0, 0.05) is 6.42 Å². The lowest BCUT2D eigenvalue weighted by atomic mass is 9.85. The zero-order valence-electron chi connectivity index (χ0n) is 12.3. The van der Waals surface area contributed by atoms with Gasteiger partial charge in [-0.05, 0) is 17.4 Å². The molecule has 1 amide bonds. The number of aliphatic carboxylic acids is 1. The number of carbonyl (C=O) groups excluding carboxylic acids is 1. The minimum Gasteiger partial charge on any atom is -0.481 e. The molecule has 0 spiro atoms. The van der Waals surface area contributed by atoms with Crippen LogP contribution in [0.5, 0.6) is 0 Å². The van der Waals surface area contributed by atoms with E-state index in [1.165, 1.54) is 0 Å². The van der Waals surface area contributed by atoms with E-state index in [0.717, 1.165) is 12.0 Å². The Morgan fingerprint density at radius 3 is 2.25 bits per heavy atom. The molecular formula is C16H23NO3. The fraction of sp³-hybridized carbons (Fsp3) is 0.500. The van der Waals surface area contributed by atoms with Crippen molar-refractivity contribution in [2.24, 2.45) is 5.41 Å². The highest BCUT2D eigenvalue weighted by Gasteiger charge is 2.21. The first-order chi connectivity index (χ1) is 9.28. The summed E-state index contributed by atoms with van der Waals surface area (Å²) in [5.41, 5.74) is 1.12. The van der Waals surface area contributed by atoms with E-state index in [0.29, 0.717) is 0 Å². The third kappa shape index (κ3) is 6.36. The van der Waals surface area contributed by atoms with Crippen LogP contribution in [0.4, 0.5) is 0 Å². The lowest BCUT2D eigenvalue weighted by molar-refractivity contribution is -0.139. The summed E-state index contributed by atoms with van der Waals surface area (Å²) in [5.74, 6) is -1.17. The molecule has 0 aliphatic rings. The number of nitrogens with one attached hydrogen (secondary N) is 1. The van der Waals surface area contributed by atoms with Crippen LogP contribution in [0.1, 0.15) is 51.6 Å². The van der Waals surface area contributed by atoms with Gasteiger partial charge in [0.1, 0.15) is 0 Å². The Hall–Kier alpha value is -1.84. The molecule has 1 aromatic carbocycles. The number of rotatable bonds is 6. The molecule has 0 radical (unpaired) electrons. The lowest BCUT2D eigenvalue weighted by Gasteiger charge is -2.27. The maximum Gasteiger partial charge on any atom is 0.303 e. The largest absolute Gasteiger partial charge is 0.481 e. The van der Waals surface area contributed by atoms with E-state index in [9.17, 15) is 9.59 Å².